The van der Waals surface area contributed by atoms with E-state index in [1.165, 1.54) is 4.90 Å². The second-order valence-electron chi connectivity index (χ2n) is 7.80. The van der Waals surface area contributed by atoms with Gasteiger partial charge in [-0.15, -0.1) is 0 Å². The third-order valence-electron chi connectivity index (χ3n) is 5.70. The molecule has 0 aliphatic heterocycles. The number of nitrogens with one attached hydrogen (secondary N) is 1. The molecule has 31 heavy (non-hydrogen) atoms. The molecule has 0 saturated heterocycles. The highest BCUT2D eigenvalue weighted by atomic mass is 16.4. The van der Waals surface area contributed by atoms with E-state index in [4.69, 9.17) is 5.26 Å². The SMILES string of the molecule is Cn1cc(-c2ccc(N(C(=O)O)C3CCC(Nc4ccc(C#N)cn4)CC3)cc2)cn1. The van der Waals surface area contributed by atoms with Crippen molar-refractivity contribution < 1.29 is 9.90 Å². The Morgan fingerprint density at radius 3 is 2.42 bits per heavy atom. The minimum absolute atomic E-state index is 0.0614. The van der Waals surface area contributed by atoms with Crippen LogP contribution in [0.15, 0.2) is 55.0 Å². The monoisotopic (exact) mass is 416 g/mol. The zero-order valence-electron chi connectivity index (χ0n) is 17.3. The first-order valence-electron chi connectivity index (χ1n) is 10.3. The second-order valence-corrected chi connectivity index (χ2v) is 7.80. The van der Waals surface area contributed by atoms with Crippen LogP contribution in [0.5, 0.6) is 0 Å². The van der Waals surface area contributed by atoms with E-state index in [9.17, 15) is 9.90 Å². The molecule has 2 aromatic heterocycles. The van der Waals surface area contributed by atoms with Crippen LogP contribution >= 0.6 is 0 Å². The number of carbonyl (C=O) groups is 1. The first kappa shape index (κ1) is 20.4. The summed E-state index contributed by atoms with van der Waals surface area (Å²) < 4.78 is 1.74. The van der Waals surface area contributed by atoms with E-state index in [1.807, 2.05) is 37.5 Å². The van der Waals surface area contributed by atoms with Gasteiger partial charge in [0.25, 0.3) is 0 Å². The normalized spacial score (nSPS) is 18.2. The largest absolute Gasteiger partial charge is 0.465 e. The molecule has 1 saturated carbocycles. The van der Waals surface area contributed by atoms with Crippen LogP contribution in [0.25, 0.3) is 11.1 Å². The van der Waals surface area contributed by atoms with Crippen molar-refractivity contribution in [3.63, 3.8) is 0 Å². The average Bonchev–Trinajstić information content (AvgIpc) is 3.22. The van der Waals surface area contributed by atoms with Crippen LogP contribution in [0.2, 0.25) is 0 Å². The van der Waals surface area contributed by atoms with Crippen molar-refractivity contribution >= 4 is 17.6 Å². The van der Waals surface area contributed by atoms with Crippen LogP contribution < -0.4 is 10.2 Å². The van der Waals surface area contributed by atoms with Gasteiger partial charge in [0.2, 0.25) is 0 Å². The number of rotatable bonds is 5. The van der Waals surface area contributed by atoms with Crippen molar-refractivity contribution in [1.29, 1.82) is 5.26 Å². The number of nitriles is 1. The Morgan fingerprint density at radius 2 is 1.87 bits per heavy atom. The summed E-state index contributed by atoms with van der Waals surface area (Å²) in [6.45, 7) is 0. The lowest BCUT2D eigenvalue weighted by molar-refractivity contribution is 0.196. The van der Waals surface area contributed by atoms with Crippen molar-refractivity contribution in [2.45, 2.75) is 37.8 Å². The van der Waals surface area contributed by atoms with E-state index >= 15 is 0 Å². The van der Waals surface area contributed by atoms with Gasteiger partial charge in [-0.1, -0.05) is 12.1 Å². The van der Waals surface area contributed by atoms with Gasteiger partial charge in [-0.25, -0.2) is 9.78 Å². The standard InChI is InChI=1S/C23H24N6O2/c1-28-15-18(14-26-28)17-3-7-20(8-4-17)29(23(30)31)21-9-5-19(6-10-21)27-22-11-2-16(12-24)13-25-22/h2-4,7-8,11,13-15,19,21H,5-6,9-10H2,1H3,(H,25,27)(H,30,31). The quantitative estimate of drug-likeness (QED) is 0.643. The molecule has 8 heteroatoms. The first-order valence-corrected chi connectivity index (χ1v) is 10.3. The van der Waals surface area contributed by atoms with E-state index in [0.29, 0.717) is 11.3 Å². The summed E-state index contributed by atoms with van der Waals surface area (Å²) in [5.74, 6) is 0.739. The summed E-state index contributed by atoms with van der Waals surface area (Å²) in [4.78, 5) is 17.8. The van der Waals surface area contributed by atoms with Crippen molar-refractivity contribution in [3.05, 3.63) is 60.6 Å². The van der Waals surface area contributed by atoms with Gasteiger partial charge >= 0.3 is 6.09 Å². The Hall–Kier alpha value is -3.86. The maximum absolute atomic E-state index is 12.1. The van der Waals surface area contributed by atoms with Crippen molar-refractivity contribution in [2.24, 2.45) is 7.05 Å². The molecule has 158 valence electrons. The van der Waals surface area contributed by atoms with Gasteiger partial charge in [0, 0.05) is 42.8 Å². The molecular formula is C23H24N6O2. The Morgan fingerprint density at radius 1 is 1.13 bits per heavy atom. The number of pyridine rings is 1. The number of carboxylic acid groups (broad SMARTS) is 1. The molecule has 1 aromatic carbocycles. The van der Waals surface area contributed by atoms with Crippen LogP contribution in [-0.2, 0) is 7.05 Å². The van der Waals surface area contributed by atoms with Crippen molar-refractivity contribution in [2.75, 3.05) is 10.2 Å². The molecule has 0 spiro atoms. The summed E-state index contributed by atoms with van der Waals surface area (Å²) in [5, 5.41) is 26.3. The Bertz CT molecular complexity index is 1080. The molecule has 0 bridgehead atoms. The fourth-order valence-corrected chi connectivity index (χ4v) is 4.10. The lowest BCUT2D eigenvalue weighted by Gasteiger charge is -2.35. The fraction of sp³-hybridized carbons (Fsp3) is 0.304. The molecule has 1 fully saturated rings. The maximum atomic E-state index is 12.1. The lowest BCUT2D eigenvalue weighted by Crippen LogP contribution is -2.43. The second kappa shape index (κ2) is 8.88. The van der Waals surface area contributed by atoms with E-state index in [-0.39, 0.29) is 12.1 Å². The maximum Gasteiger partial charge on any atom is 0.412 e. The van der Waals surface area contributed by atoms with Crippen molar-refractivity contribution in [3.8, 4) is 17.2 Å². The summed E-state index contributed by atoms with van der Waals surface area (Å²) in [5.41, 5.74) is 3.22. The molecule has 0 atom stereocenters. The Kier molecular flexibility index (Phi) is 5.85. The third-order valence-corrected chi connectivity index (χ3v) is 5.70. The highest BCUT2D eigenvalue weighted by molar-refractivity contribution is 5.87. The van der Waals surface area contributed by atoms with E-state index in [1.54, 1.807) is 29.2 Å². The fourth-order valence-electron chi connectivity index (χ4n) is 4.10. The number of anilines is 2. The molecule has 3 aromatic rings. The van der Waals surface area contributed by atoms with Gasteiger partial charge in [-0.2, -0.15) is 10.4 Å². The van der Waals surface area contributed by atoms with Crippen molar-refractivity contribution in [1.82, 2.24) is 14.8 Å². The smallest absolute Gasteiger partial charge is 0.412 e. The van der Waals surface area contributed by atoms with Gasteiger partial charge in [0.1, 0.15) is 11.9 Å². The topological polar surface area (TPSA) is 107 Å². The minimum atomic E-state index is -0.931. The number of hydrogen-bond acceptors (Lipinski definition) is 5. The van der Waals surface area contributed by atoms with Gasteiger partial charge in [-0.3, -0.25) is 9.58 Å². The predicted molar refractivity (Wildman–Crippen MR) is 118 cm³/mol. The Labute approximate surface area is 180 Å². The van der Waals surface area contributed by atoms with Gasteiger partial charge in [-0.05, 0) is 55.5 Å². The minimum Gasteiger partial charge on any atom is -0.465 e. The van der Waals surface area contributed by atoms with Crippen LogP contribution in [-0.4, -0.2) is 38.0 Å². The highest BCUT2D eigenvalue weighted by Gasteiger charge is 2.30. The summed E-state index contributed by atoms with van der Waals surface area (Å²) >= 11 is 0. The molecule has 2 N–H and O–H groups in total. The zero-order chi connectivity index (χ0) is 21.8. The number of aryl methyl sites for hydroxylation is 1. The lowest BCUT2D eigenvalue weighted by atomic mass is 9.90. The molecule has 0 radical (unpaired) electrons. The number of benzene rings is 1. The molecule has 1 amide bonds. The summed E-state index contributed by atoms with van der Waals surface area (Å²) in [7, 11) is 1.87. The molecule has 8 nitrogen and oxygen atoms in total. The van der Waals surface area contributed by atoms with Gasteiger partial charge in [0.05, 0.1) is 11.8 Å². The Balaban J connectivity index is 1.40. The molecule has 2 heterocycles. The predicted octanol–water partition coefficient (Wildman–Crippen LogP) is 4.26. The zero-order valence-corrected chi connectivity index (χ0v) is 17.3. The van der Waals surface area contributed by atoms with Crippen LogP contribution in [0.3, 0.4) is 0 Å². The van der Waals surface area contributed by atoms with E-state index < -0.39 is 6.09 Å². The van der Waals surface area contributed by atoms with E-state index in [2.05, 4.69) is 21.5 Å². The molecule has 1 aliphatic rings. The molecule has 1 aliphatic carbocycles. The van der Waals surface area contributed by atoms with Crippen LogP contribution in [0.4, 0.5) is 16.3 Å². The molecule has 0 unspecified atom stereocenters. The molecule has 4 rings (SSSR count). The highest BCUT2D eigenvalue weighted by Crippen LogP contribution is 2.30. The number of amides is 1. The van der Waals surface area contributed by atoms with Gasteiger partial charge < -0.3 is 10.4 Å². The number of nitrogens with zero attached hydrogens (tertiary/aromatic N) is 5. The average molecular weight is 416 g/mol. The van der Waals surface area contributed by atoms with Gasteiger partial charge in [0.15, 0.2) is 0 Å². The van der Waals surface area contributed by atoms with Crippen LogP contribution in [0, 0.1) is 11.3 Å². The van der Waals surface area contributed by atoms with Crippen LogP contribution in [0.1, 0.15) is 31.2 Å². The summed E-state index contributed by atoms with van der Waals surface area (Å²) in [6, 6.07) is 13.4. The third kappa shape index (κ3) is 4.67. The molecular weight excluding hydrogens is 392 g/mol. The summed E-state index contributed by atoms with van der Waals surface area (Å²) in [6.07, 6.45) is 7.58. The van der Waals surface area contributed by atoms with E-state index in [0.717, 1.165) is 42.6 Å². The number of aromatic nitrogens is 3. The first-order chi connectivity index (χ1) is 15.0. The number of hydrogen-bond donors (Lipinski definition) is 2.